The highest BCUT2D eigenvalue weighted by Crippen LogP contribution is 2.52. The third-order valence-corrected chi connectivity index (χ3v) is 6.30. The molecule has 200 valence electrons. The first-order chi connectivity index (χ1) is 16.6. The Morgan fingerprint density at radius 3 is 2.36 bits per heavy atom. The van der Waals surface area contributed by atoms with E-state index in [4.69, 9.17) is 9.47 Å². The summed E-state index contributed by atoms with van der Waals surface area (Å²) in [5, 5.41) is 3.81. The molecule has 2 N–H and O–H groups in total. The van der Waals surface area contributed by atoms with Gasteiger partial charge in [-0.15, -0.1) is 0 Å². The molecular weight excluding hydrogens is 494 g/mol. The molecule has 0 unspecified atom stereocenters. The number of amides is 1. The van der Waals surface area contributed by atoms with Crippen LogP contribution in [0.3, 0.4) is 0 Å². The van der Waals surface area contributed by atoms with Crippen molar-refractivity contribution in [3.63, 3.8) is 0 Å². The number of rotatable bonds is 7. The number of ketones is 1. The molecule has 1 saturated heterocycles. The van der Waals surface area contributed by atoms with Gasteiger partial charge >= 0.3 is 12.4 Å². The molecule has 0 aromatic heterocycles. The lowest BCUT2D eigenvalue weighted by Gasteiger charge is -2.44. The molecule has 1 fully saturated rings. The van der Waals surface area contributed by atoms with Gasteiger partial charge in [0, 0.05) is 30.8 Å². The molecule has 12 heteroatoms. The molecule has 1 atom stereocenters. The lowest BCUT2D eigenvalue weighted by Crippen LogP contribution is -2.70. The Labute approximate surface area is 204 Å². The number of allylic oxidation sites excluding steroid dienone is 1. The number of carbonyl (C=O) groups excluding carboxylic acids is 2. The van der Waals surface area contributed by atoms with Crippen LogP contribution in [0.5, 0.6) is 5.75 Å². The Balaban J connectivity index is 2.18. The molecule has 1 aromatic rings. The molecule has 1 aliphatic heterocycles. The van der Waals surface area contributed by atoms with Gasteiger partial charge in [-0.1, -0.05) is 19.9 Å². The van der Waals surface area contributed by atoms with Crippen LogP contribution in [0.25, 0.3) is 0 Å². The Morgan fingerprint density at radius 1 is 1.14 bits per heavy atom. The molecule has 6 nitrogen and oxygen atoms in total. The quantitative estimate of drug-likeness (QED) is 0.508. The van der Waals surface area contributed by atoms with Crippen LogP contribution in [-0.4, -0.2) is 55.9 Å². The van der Waals surface area contributed by atoms with E-state index >= 15 is 0 Å². The Bertz CT molecular complexity index is 1010. The number of hydrogen-bond donors (Lipinski definition) is 2. The van der Waals surface area contributed by atoms with Gasteiger partial charge in [-0.2, -0.15) is 26.3 Å². The van der Waals surface area contributed by atoms with Gasteiger partial charge in [0.15, 0.2) is 5.78 Å². The first-order valence-corrected chi connectivity index (χ1v) is 11.3. The van der Waals surface area contributed by atoms with Crippen LogP contribution in [0.15, 0.2) is 35.5 Å². The number of nitrogens with one attached hydrogen (secondary N) is 2. The molecule has 0 radical (unpaired) electrons. The summed E-state index contributed by atoms with van der Waals surface area (Å²) in [5.41, 5.74) is -8.39. The summed E-state index contributed by atoms with van der Waals surface area (Å²) in [6.07, 6.45) is -12.2. The normalized spacial score (nSPS) is 20.9. The first kappa shape index (κ1) is 27.8. The summed E-state index contributed by atoms with van der Waals surface area (Å²) in [5.74, 6) is -2.95. The second-order valence-corrected chi connectivity index (χ2v) is 9.74. The second kappa shape index (κ2) is 9.95. The monoisotopic (exact) mass is 522 g/mol. The van der Waals surface area contributed by atoms with E-state index in [1.54, 1.807) is 13.8 Å². The molecule has 0 bridgehead atoms. The summed E-state index contributed by atoms with van der Waals surface area (Å²) in [4.78, 5) is 25.9. The van der Waals surface area contributed by atoms with E-state index in [1.807, 2.05) is 0 Å². The fourth-order valence-corrected chi connectivity index (χ4v) is 4.60. The van der Waals surface area contributed by atoms with Crippen molar-refractivity contribution < 1.29 is 45.4 Å². The van der Waals surface area contributed by atoms with Crippen LogP contribution in [0, 0.1) is 5.41 Å². The van der Waals surface area contributed by atoms with Gasteiger partial charge in [0.25, 0.3) is 11.4 Å². The smallest absolute Gasteiger partial charge is 0.425 e. The minimum Gasteiger partial charge on any atom is -0.497 e. The van der Waals surface area contributed by atoms with Crippen molar-refractivity contribution in [1.29, 1.82) is 0 Å². The number of Topliss-reactive ketones (excluding diaryl/α,β-unsaturated/α-hetero) is 1. The molecule has 3 rings (SSSR count). The van der Waals surface area contributed by atoms with Gasteiger partial charge in [0.05, 0.1) is 18.8 Å². The molecule has 1 heterocycles. The summed E-state index contributed by atoms with van der Waals surface area (Å²) in [6.45, 7) is 3.51. The number of ether oxygens (including phenoxy) is 2. The Morgan fingerprint density at radius 2 is 1.81 bits per heavy atom. The SMILES string of the molecule is COc1cccc(C(=O)NC(C2=C(NC[C@H]3CCCO3)CC(C)(C)CC2=O)(C(F)(F)F)C(F)(F)F)c1. The van der Waals surface area contributed by atoms with E-state index in [0.717, 1.165) is 12.1 Å². The van der Waals surface area contributed by atoms with Crippen molar-refractivity contribution in [2.24, 2.45) is 5.41 Å². The average molecular weight is 522 g/mol. The summed E-state index contributed by atoms with van der Waals surface area (Å²) >= 11 is 0. The highest BCUT2D eigenvalue weighted by atomic mass is 19.4. The number of halogens is 6. The van der Waals surface area contributed by atoms with Gasteiger partial charge < -0.3 is 20.1 Å². The van der Waals surface area contributed by atoms with E-state index in [-0.39, 0.29) is 18.7 Å². The predicted molar refractivity (Wildman–Crippen MR) is 117 cm³/mol. The topological polar surface area (TPSA) is 76.7 Å². The Hall–Kier alpha value is -2.76. The number of carbonyl (C=O) groups is 2. The summed E-state index contributed by atoms with van der Waals surface area (Å²) in [7, 11) is 1.23. The third kappa shape index (κ3) is 5.47. The number of hydrogen-bond acceptors (Lipinski definition) is 5. The van der Waals surface area contributed by atoms with E-state index in [1.165, 1.54) is 24.6 Å². The van der Waals surface area contributed by atoms with Gasteiger partial charge in [-0.25, -0.2) is 0 Å². The molecular formula is C24H28F6N2O4. The predicted octanol–water partition coefficient (Wildman–Crippen LogP) is 4.70. The summed E-state index contributed by atoms with van der Waals surface area (Å²) < 4.78 is 97.7. The van der Waals surface area contributed by atoms with E-state index < -0.39 is 64.4 Å². The maximum absolute atomic E-state index is 14.6. The van der Waals surface area contributed by atoms with Crippen molar-refractivity contribution in [2.45, 2.75) is 63.5 Å². The number of methoxy groups -OCH3 is 1. The maximum atomic E-state index is 14.6. The van der Waals surface area contributed by atoms with Crippen molar-refractivity contribution >= 4 is 11.7 Å². The number of alkyl halides is 6. The minimum atomic E-state index is -6.09. The largest absolute Gasteiger partial charge is 0.497 e. The van der Waals surface area contributed by atoms with E-state index in [9.17, 15) is 35.9 Å². The lowest BCUT2D eigenvalue weighted by atomic mass is 9.70. The molecule has 1 amide bonds. The van der Waals surface area contributed by atoms with E-state index in [2.05, 4.69) is 5.32 Å². The van der Waals surface area contributed by atoms with Crippen LogP contribution >= 0.6 is 0 Å². The van der Waals surface area contributed by atoms with Gasteiger partial charge in [-0.05, 0) is 42.9 Å². The zero-order valence-electron chi connectivity index (χ0n) is 20.0. The Kier molecular flexibility index (Phi) is 7.69. The standard InChI is InChI=1S/C24H28F6N2O4/c1-21(2)11-17(31-13-16-8-5-9-36-16)19(18(33)12-21)22(23(25,26)27,24(28,29)30)32-20(34)14-6-4-7-15(10-14)35-3/h4,6-7,10,16,31H,5,8-9,11-13H2,1-3H3,(H,32,34)/t16-/m1/s1. The molecule has 36 heavy (non-hydrogen) atoms. The van der Waals surface area contributed by atoms with Crippen molar-refractivity contribution in [3.8, 4) is 5.75 Å². The van der Waals surface area contributed by atoms with Crippen molar-refractivity contribution in [2.75, 3.05) is 20.3 Å². The minimum absolute atomic E-state index is 0.0564. The lowest BCUT2D eigenvalue weighted by molar-refractivity contribution is -0.290. The number of benzene rings is 1. The molecule has 0 spiro atoms. The van der Waals surface area contributed by atoms with Gasteiger partial charge in [0.2, 0.25) is 0 Å². The second-order valence-electron chi connectivity index (χ2n) is 9.74. The van der Waals surface area contributed by atoms with E-state index in [0.29, 0.717) is 19.4 Å². The third-order valence-electron chi connectivity index (χ3n) is 6.30. The van der Waals surface area contributed by atoms with Crippen LogP contribution in [0.4, 0.5) is 26.3 Å². The fourth-order valence-electron chi connectivity index (χ4n) is 4.60. The molecule has 0 saturated carbocycles. The van der Waals surface area contributed by atoms with Gasteiger partial charge in [0.1, 0.15) is 5.75 Å². The van der Waals surface area contributed by atoms with Crippen LogP contribution in [0.2, 0.25) is 0 Å². The molecule has 1 aliphatic carbocycles. The zero-order valence-corrected chi connectivity index (χ0v) is 20.0. The zero-order chi connectivity index (χ0) is 26.9. The van der Waals surface area contributed by atoms with Crippen molar-refractivity contribution in [1.82, 2.24) is 10.6 Å². The first-order valence-electron chi connectivity index (χ1n) is 11.3. The highest BCUT2D eigenvalue weighted by Gasteiger charge is 2.75. The van der Waals surface area contributed by atoms with Crippen LogP contribution in [0.1, 0.15) is 49.9 Å². The van der Waals surface area contributed by atoms with Crippen LogP contribution in [-0.2, 0) is 9.53 Å². The van der Waals surface area contributed by atoms with Gasteiger partial charge in [-0.3, -0.25) is 9.59 Å². The maximum Gasteiger partial charge on any atom is 0.425 e. The van der Waals surface area contributed by atoms with Crippen LogP contribution < -0.4 is 15.4 Å². The molecule has 1 aromatic carbocycles. The summed E-state index contributed by atoms with van der Waals surface area (Å²) in [6, 6.07) is 4.68. The average Bonchev–Trinajstić information content (AvgIpc) is 3.27. The van der Waals surface area contributed by atoms with Crippen molar-refractivity contribution in [3.05, 3.63) is 41.1 Å². The molecule has 2 aliphatic rings. The highest BCUT2D eigenvalue weighted by molar-refractivity contribution is 6.02. The fraction of sp³-hybridized carbons (Fsp3) is 0.583.